The zero-order valence-corrected chi connectivity index (χ0v) is 11.7. The van der Waals surface area contributed by atoms with Crippen molar-refractivity contribution in [2.75, 3.05) is 38.0 Å². The highest BCUT2D eigenvalue weighted by molar-refractivity contribution is 5.84. The van der Waals surface area contributed by atoms with Crippen LogP contribution in [-0.4, -0.2) is 47.7 Å². The smallest absolute Gasteiger partial charge is 0.228 e. The van der Waals surface area contributed by atoms with Gasteiger partial charge in [-0.3, -0.25) is 0 Å². The summed E-state index contributed by atoms with van der Waals surface area (Å²) in [6, 6.07) is 0. The molecule has 6 heteroatoms. The van der Waals surface area contributed by atoms with E-state index in [-0.39, 0.29) is 0 Å². The highest BCUT2D eigenvalue weighted by Gasteiger charge is 2.15. The normalized spacial score (nSPS) is 10.9. The number of aryl methyl sites for hydroxylation is 1. The van der Waals surface area contributed by atoms with Crippen molar-refractivity contribution in [2.24, 2.45) is 0 Å². The molecule has 0 radical (unpaired) electrons. The van der Waals surface area contributed by atoms with E-state index in [1.165, 1.54) is 0 Å². The van der Waals surface area contributed by atoms with Gasteiger partial charge in [-0.2, -0.15) is 9.97 Å². The minimum absolute atomic E-state index is 0.712. The molecule has 18 heavy (non-hydrogen) atoms. The van der Waals surface area contributed by atoms with Gasteiger partial charge >= 0.3 is 0 Å². The molecule has 0 spiro atoms. The summed E-state index contributed by atoms with van der Waals surface area (Å²) in [5, 5.41) is 0. The lowest BCUT2D eigenvalue weighted by molar-refractivity contribution is 0.691. The average molecular weight is 248 g/mol. The first-order valence-electron chi connectivity index (χ1n) is 6.12. The first-order chi connectivity index (χ1) is 8.54. The van der Waals surface area contributed by atoms with Gasteiger partial charge in [-0.15, -0.1) is 0 Å². The Morgan fingerprint density at radius 3 is 2.39 bits per heavy atom. The van der Waals surface area contributed by atoms with Gasteiger partial charge in [0.05, 0.1) is 6.33 Å². The number of nitrogens with zero attached hydrogens (tertiary/aromatic N) is 6. The molecule has 0 N–H and O–H groups in total. The molecule has 0 aliphatic carbocycles. The number of fused-ring (bicyclic) bond motifs is 1. The molecule has 0 aliphatic heterocycles. The van der Waals surface area contributed by atoms with Gasteiger partial charge in [-0.25, -0.2) is 4.98 Å². The van der Waals surface area contributed by atoms with Gasteiger partial charge < -0.3 is 14.4 Å². The molecule has 0 fully saturated rings. The summed E-state index contributed by atoms with van der Waals surface area (Å²) in [4.78, 5) is 17.4. The van der Waals surface area contributed by atoms with Gasteiger partial charge in [-0.1, -0.05) is 6.92 Å². The predicted octanol–water partition coefficient (Wildman–Crippen LogP) is 1.37. The molecule has 0 saturated heterocycles. The topological polar surface area (TPSA) is 50.1 Å². The van der Waals surface area contributed by atoms with Crippen LogP contribution in [0.5, 0.6) is 0 Å². The Hall–Kier alpha value is -1.85. The summed E-state index contributed by atoms with van der Waals surface area (Å²) in [6.07, 6.45) is 2.90. The quantitative estimate of drug-likeness (QED) is 0.818. The fourth-order valence-corrected chi connectivity index (χ4v) is 1.83. The minimum atomic E-state index is 0.712. The number of aromatic nitrogens is 4. The van der Waals surface area contributed by atoms with E-state index in [4.69, 9.17) is 0 Å². The molecule has 98 valence electrons. The van der Waals surface area contributed by atoms with E-state index in [1.54, 1.807) is 0 Å². The van der Waals surface area contributed by atoms with Gasteiger partial charge in [0, 0.05) is 34.7 Å². The molecular weight excluding hydrogens is 228 g/mol. The Morgan fingerprint density at radius 1 is 1.11 bits per heavy atom. The van der Waals surface area contributed by atoms with E-state index in [2.05, 4.69) is 26.4 Å². The summed E-state index contributed by atoms with van der Waals surface area (Å²) in [7, 11) is 7.84. The van der Waals surface area contributed by atoms with Gasteiger partial charge in [0.2, 0.25) is 5.95 Å². The predicted molar refractivity (Wildman–Crippen MR) is 74.3 cm³/mol. The number of anilines is 2. The molecule has 0 bridgehead atoms. The molecule has 0 saturated carbocycles. The van der Waals surface area contributed by atoms with E-state index >= 15 is 0 Å². The number of hydrogen-bond donors (Lipinski definition) is 0. The minimum Gasteiger partial charge on any atom is -0.361 e. The van der Waals surface area contributed by atoms with Crippen molar-refractivity contribution in [3.63, 3.8) is 0 Å². The van der Waals surface area contributed by atoms with Crippen molar-refractivity contribution < 1.29 is 0 Å². The van der Waals surface area contributed by atoms with Gasteiger partial charge in [0.25, 0.3) is 0 Å². The Morgan fingerprint density at radius 2 is 1.83 bits per heavy atom. The third-order valence-electron chi connectivity index (χ3n) is 2.72. The number of hydrogen-bond acceptors (Lipinski definition) is 5. The highest BCUT2D eigenvalue weighted by atomic mass is 15.3. The van der Waals surface area contributed by atoms with E-state index in [0.29, 0.717) is 5.95 Å². The summed E-state index contributed by atoms with van der Waals surface area (Å²) in [6.45, 7) is 3.07. The average Bonchev–Trinajstić information content (AvgIpc) is 2.71. The summed E-state index contributed by atoms with van der Waals surface area (Å²) >= 11 is 0. The summed E-state index contributed by atoms with van der Waals surface area (Å²) in [5.41, 5.74) is 1.76. The van der Waals surface area contributed by atoms with E-state index in [0.717, 1.165) is 29.9 Å². The van der Waals surface area contributed by atoms with Crippen LogP contribution in [-0.2, 0) is 6.54 Å². The summed E-state index contributed by atoms with van der Waals surface area (Å²) in [5.74, 6) is 1.57. The Bertz CT molecular complexity index is 543. The molecule has 2 heterocycles. The standard InChI is InChI=1S/C12H20N6/c1-6-7-18-8-13-9-10(16(2)3)14-12(17(4)5)15-11(9)18/h8H,6-7H2,1-5H3. The van der Waals surface area contributed by atoms with Crippen LogP contribution in [0.1, 0.15) is 13.3 Å². The molecule has 2 aromatic rings. The fourth-order valence-electron chi connectivity index (χ4n) is 1.83. The van der Waals surface area contributed by atoms with Crippen LogP contribution in [0.25, 0.3) is 11.2 Å². The maximum absolute atomic E-state index is 4.58. The SMILES string of the molecule is CCCn1cnc2c(N(C)C)nc(N(C)C)nc21. The fraction of sp³-hybridized carbons (Fsp3) is 0.583. The second-order valence-corrected chi connectivity index (χ2v) is 4.75. The second-order valence-electron chi connectivity index (χ2n) is 4.75. The van der Waals surface area contributed by atoms with E-state index in [1.807, 2.05) is 44.3 Å². The third kappa shape index (κ3) is 2.10. The largest absolute Gasteiger partial charge is 0.361 e. The van der Waals surface area contributed by atoms with Gasteiger partial charge in [0.1, 0.15) is 0 Å². The zero-order chi connectivity index (χ0) is 13.3. The molecule has 6 nitrogen and oxygen atoms in total. The lowest BCUT2D eigenvalue weighted by Crippen LogP contribution is -2.18. The van der Waals surface area contributed by atoms with Crippen LogP contribution < -0.4 is 9.80 Å². The molecule has 0 aliphatic rings. The maximum Gasteiger partial charge on any atom is 0.228 e. The molecule has 2 aromatic heterocycles. The van der Waals surface area contributed by atoms with Crippen LogP contribution in [0.2, 0.25) is 0 Å². The zero-order valence-electron chi connectivity index (χ0n) is 11.7. The Labute approximate surface area is 107 Å². The van der Waals surface area contributed by atoms with Crippen LogP contribution in [0, 0.1) is 0 Å². The molecular formula is C12H20N6. The molecule has 0 unspecified atom stereocenters. The van der Waals surface area contributed by atoms with Crippen LogP contribution in [0.15, 0.2) is 6.33 Å². The first kappa shape index (κ1) is 12.6. The number of imidazole rings is 1. The Balaban J connectivity index is 2.67. The van der Waals surface area contributed by atoms with Crippen molar-refractivity contribution in [3.8, 4) is 0 Å². The van der Waals surface area contributed by atoms with Gasteiger partial charge in [-0.05, 0) is 6.42 Å². The van der Waals surface area contributed by atoms with Crippen molar-refractivity contribution in [1.82, 2.24) is 19.5 Å². The highest BCUT2D eigenvalue weighted by Crippen LogP contribution is 2.23. The molecule has 0 amide bonds. The van der Waals surface area contributed by atoms with Crippen molar-refractivity contribution >= 4 is 22.9 Å². The van der Waals surface area contributed by atoms with Crippen molar-refractivity contribution in [1.29, 1.82) is 0 Å². The van der Waals surface area contributed by atoms with Crippen LogP contribution >= 0.6 is 0 Å². The lowest BCUT2D eigenvalue weighted by Gasteiger charge is -2.16. The Kier molecular flexibility index (Phi) is 3.36. The van der Waals surface area contributed by atoms with Crippen LogP contribution in [0.3, 0.4) is 0 Å². The number of rotatable bonds is 4. The molecule has 2 rings (SSSR count). The molecule has 0 aromatic carbocycles. The van der Waals surface area contributed by atoms with Crippen molar-refractivity contribution in [2.45, 2.75) is 19.9 Å². The monoisotopic (exact) mass is 248 g/mol. The summed E-state index contributed by atoms with van der Waals surface area (Å²) < 4.78 is 2.08. The van der Waals surface area contributed by atoms with Crippen LogP contribution in [0.4, 0.5) is 11.8 Å². The maximum atomic E-state index is 4.58. The molecule has 0 atom stereocenters. The van der Waals surface area contributed by atoms with E-state index < -0.39 is 0 Å². The third-order valence-corrected chi connectivity index (χ3v) is 2.72. The van der Waals surface area contributed by atoms with Crippen molar-refractivity contribution in [3.05, 3.63) is 6.33 Å². The van der Waals surface area contributed by atoms with Gasteiger partial charge in [0.15, 0.2) is 17.0 Å². The van der Waals surface area contributed by atoms with E-state index in [9.17, 15) is 0 Å². The lowest BCUT2D eigenvalue weighted by atomic mass is 10.4. The second kappa shape index (κ2) is 4.80. The first-order valence-corrected chi connectivity index (χ1v) is 6.12.